The van der Waals surface area contributed by atoms with Crippen LogP contribution in [0, 0.1) is 6.92 Å². The van der Waals surface area contributed by atoms with E-state index in [1.54, 1.807) is 6.07 Å². The zero-order valence-electron chi connectivity index (χ0n) is 11.6. The molecule has 1 aliphatic carbocycles. The first-order valence-corrected chi connectivity index (χ1v) is 7.93. The summed E-state index contributed by atoms with van der Waals surface area (Å²) in [5.41, 5.74) is 8.07. The monoisotopic (exact) mass is 278 g/mol. The minimum absolute atomic E-state index is 0.0111. The molecule has 19 heavy (non-hydrogen) atoms. The van der Waals surface area contributed by atoms with Gasteiger partial charge in [0.05, 0.1) is 0 Å². The molecule has 1 aromatic rings. The van der Waals surface area contributed by atoms with E-state index in [0.717, 1.165) is 24.2 Å². The van der Waals surface area contributed by atoms with Crippen LogP contribution in [0.2, 0.25) is 0 Å². The number of rotatable bonds is 4. The van der Waals surface area contributed by atoms with E-state index < -0.39 is 0 Å². The fraction of sp³-hybridized carbons (Fsp3) is 0.533. The Kier molecular flexibility index (Phi) is 4.75. The Balaban J connectivity index is 1.96. The molecule has 1 fully saturated rings. The average molecular weight is 278 g/mol. The molecule has 0 aliphatic heterocycles. The lowest BCUT2D eigenvalue weighted by Gasteiger charge is -2.14. The summed E-state index contributed by atoms with van der Waals surface area (Å²) in [6, 6.07) is 5.81. The second-order valence-electron chi connectivity index (χ2n) is 5.14. The second kappa shape index (κ2) is 6.33. The molecule has 0 saturated heterocycles. The summed E-state index contributed by atoms with van der Waals surface area (Å²) in [5, 5.41) is 3.85. The number of hydrogen-bond donors (Lipinski definition) is 2. The van der Waals surface area contributed by atoms with Crippen LogP contribution < -0.4 is 11.1 Å². The highest BCUT2D eigenvalue weighted by molar-refractivity contribution is 7.99. The maximum Gasteiger partial charge on any atom is 0.251 e. The minimum Gasteiger partial charge on any atom is -0.399 e. The van der Waals surface area contributed by atoms with E-state index in [1.165, 1.54) is 6.42 Å². The summed E-state index contributed by atoms with van der Waals surface area (Å²) in [6.07, 6.45) is 3.38. The smallest absolute Gasteiger partial charge is 0.251 e. The Labute approximate surface area is 119 Å². The summed E-state index contributed by atoms with van der Waals surface area (Å²) in [5.74, 6) is 1.16. The van der Waals surface area contributed by atoms with Crippen molar-refractivity contribution in [3.05, 3.63) is 29.3 Å². The van der Waals surface area contributed by atoms with Gasteiger partial charge < -0.3 is 11.1 Å². The fourth-order valence-electron chi connectivity index (χ4n) is 2.61. The molecule has 0 bridgehead atoms. The van der Waals surface area contributed by atoms with Gasteiger partial charge in [0.1, 0.15) is 0 Å². The van der Waals surface area contributed by atoms with E-state index in [2.05, 4.69) is 12.2 Å². The van der Waals surface area contributed by atoms with Crippen LogP contribution in [0.1, 0.15) is 42.1 Å². The second-order valence-corrected chi connectivity index (χ2v) is 6.71. The summed E-state index contributed by atoms with van der Waals surface area (Å²) in [6.45, 7) is 4.13. The lowest BCUT2D eigenvalue weighted by atomic mass is 10.1. The van der Waals surface area contributed by atoms with Crippen LogP contribution in [0.3, 0.4) is 0 Å². The first kappa shape index (κ1) is 14.3. The molecular weight excluding hydrogens is 256 g/mol. The largest absolute Gasteiger partial charge is 0.399 e. The standard InChI is InChI=1S/C15H22N2OS/c1-3-19-13-7-6-12(9-13)17-15(18)14-8-11(16)5-4-10(14)2/h4-5,8,12-13H,3,6-7,9,16H2,1-2H3,(H,17,18). The molecule has 1 saturated carbocycles. The van der Waals surface area contributed by atoms with Crippen molar-refractivity contribution in [3.8, 4) is 0 Å². The van der Waals surface area contributed by atoms with Gasteiger partial charge in [0.2, 0.25) is 0 Å². The van der Waals surface area contributed by atoms with E-state index >= 15 is 0 Å². The van der Waals surface area contributed by atoms with Crippen LogP contribution in [0.4, 0.5) is 5.69 Å². The third-order valence-corrected chi connectivity index (χ3v) is 4.86. The third kappa shape index (κ3) is 3.66. The van der Waals surface area contributed by atoms with Gasteiger partial charge in [0, 0.05) is 22.5 Å². The summed E-state index contributed by atoms with van der Waals surface area (Å²) >= 11 is 2.00. The third-order valence-electron chi connectivity index (χ3n) is 3.63. The van der Waals surface area contributed by atoms with Gasteiger partial charge in [-0.25, -0.2) is 0 Å². The lowest BCUT2D eigenvalue weighted by molar-refractivity contribution is 0.0937. The molecule has 2 rings (SSSR count). The van der Waals surface area contributed by atoms with Gasteiger partial charge >= 0.3 is 0 Å². The van der Waals surface area contributed by atoms with Crippen LogP contribution in [0.5, 0.6) is 0 Å². The maximum atomic E-state index is 12.3. The molecule has 2 unspecified atom stereocenters. The van der Waals surface area contributed by atoms with E-state index in [4.69, 9.17) is 5.73 Å². The molecule has 1 aliphatic rings. The van der Waals surface area contributed by atoms with Gasteiger partial charge in [0.25, 0.3) is 5.91 Å². The van der Waals surface area contributed by atoms with Crippen molar-refractivity contribution >= 4 is 23.4 Å². The molecule has 3 nitrogen and oxygen atoms in total. The van der Waals surface area contributed by atoms with Crippen molar-refractivity contribution in [2.75, 3.05) is 11.5 Å². The van der Waals surface area contributed by atoms with Gasteiger partial charge in [0.15, 0.2) is 0 Å². The van der Waals surface area contributed by atoms with Crippen molar-refractivity contribution in [2.24, 2.45) is 0 Å². The van der Waals surface area contributed by atoms with Crippen LogP contribution in [0.25, 0.3) is 0 Å². The molecule has 1 aromatic carbocycles. The molecule has 3 N–H and O–H groups in total. The number of hydrogen-bond acceptors (Lipinski definition) is 3. The first-order chi connectivity index (χ1) is 9.10. The van der Waals surface area contributed by atoms with E-state index in [0.29, 0.717) is 22.5 Å². The maximum absolute atomic E-state index is 12.3. The zero-order chi connectivity index (χ0) is 13.8. The van der Waals surface area contributed by atoms with Crippen LogP contribution in [-0.4, -0.2) is 23.0 Å². The predicted octanol–water partition coefficient (Wildman–Crippen LogP) is 2.98. The number of amides is 1. The first-order valence-electron chi connectivity index (χ1n) is 6.88. The molecule has 2 atom stereocenters. The number of benzene rings is 1. The highest BCUT2D eigenvalue weighted by atomic mass is 32.2. The highest BCUT2D eigenvalue weighted by Crippen LogP contribution is 2.29. The number of carbonyl (C=O) groups excluding carboxylic acids is 1. The van der Waals surface area contributed by atoms with E-state index in [-0.39, 0.29) is 5.91 Å². The Morgan fingerprint density at radius 2 is 2.26 bits per heavy atom. The van der Waals surface area contributed by atoms with Gasteiger partial charge in [-0.05, 0) is 49.6 Å². The van der Waals surface area contributed by atoms with Crippen LogP contribution >= 0.6 is 11.8 Å². The zero-order valence-corrected chi connectivity index (χ0v) is 12.4. The molecule has 0 aromatic heterocycles. The number of aryl methyl sites for hydroxylation is 1. The van der Waals surface area contributed by atoms with Crippen molar-refractivity contribution in [2.45, 2.75) is 44.4 Å². The van der Waals surface area contributed by atoms with Crippen molar-refractivity contribution in [1.82, 2.24) is 5.32 Å². The van der Waals surface area contributed by atoms with E-state index in [1.807, 2.05) is 30.8 Å². The Bertz CT molecular complexity index is 461. The SMILES string of the molecule is CCSC1CCC(NC(=O)c2cc(N)ccc2C)C1. The predicted molar refractivity (Wildman–Crippen MR) is 82.6 cm³/mol. The Hall–Kier alpha value is -1.16. The highest BCUT2D eigenvalue weighted by Gasteiger charge is 2.26. The number of nitrogen functional groups attached to an aromatic ring is 1. The molecule has 0 radical (unpaired) electrons. The Morgan fingerprint density at radius 1 is 1.47 bits per heavy atom. The Morgan fingerprint density at radius 3 is 3.00 bits per heavy atom. The summed E-state index contributed by atoms with van der Waals surface area (Å²) < 4.78 is 0. The summed E-state index contributed by atoms with van der Waals surface area (Å²) in [4.78, 5) is 12.3. The van der Waals surface area contributed by atoms with Crippen molar-refractivity contribution in [1.29, 1.82) is 0 Å². The molecule has 1 amide bonds. The number of nitrogens with one attached hydrogen (secondary N) is 1. The number of anilines is 1. The quantitative estimate of drug-likeness (QED) is 0.833. The minimum atomic E-state index is 0.0111. The topological polar surface area (TPSA) is 55.1 Å². The van der Waals surface area contributed by atoms with Gasteiger partial charge in [-0.15, -0.1) is 0 Å². The van der Waals surface area contributed by atoms with E-state index in [9.17, 15) is 4.79 Å². The molecular formula is C15H22N2OS. The van der Waals surface area contributed by atoms with Crippen LogP contribution in [0.15, 0.2) is 18.2 Å². The van der Waals surface area contributed by atoms with Crippen LogP contribution in [-0.2, 0) is 0 Å². The van der Waals surface area contributed by atoms with Gasteiger partial charge in [-0.2, -0.15) is 11.8 Å². The normalized spacial score (nSPS) is 22.4. The van der Waals surface area contributed by atoms with Gasteiger partial charge in [-0.1, -0.05) is 13.0 Å². The molecule has 4 heteroatoms. The molecule has 104 valence electrons. The summed E-state index contributed by atoms with van der Waals surface area (Å²) in [7, 11) is 0. The number of nitrogens with two attached hydrogens (primary N) is 1. The number of thioether (sulfide) groups is 1. The average Bonchev–Trinajstić information content (AvgIpc) is 2.80. The van der Waals surface area contributed by atoms with Crippen molar-refractivity contribution < 1.29 is 4.79 Å². The lowest BCUT2D eigenvalue weighted by Crippen LogP contribution is -2.33. The van der Waals surface area contributed by atoms with Gasteiger partial charge in [-0.3, -0.25) is 4.79 Å². The number of carbonyl (C=O) groups is 1. The molecule has 0 spiro atoms. The fourth-order valence-corrected chi connectivity index (χ4v) is 3.75. The van der Waals surface area contributed by atoms with Crippen molar-refractivity contribution in [3.63, 3.8) is 0 Å². The molecule has 0 heterocycles.